The van der Waals surface area contributed by atoms with E-state index in [2.05, 4.69) is 184 Å². The number of benzene rings is 9. The minimum absolute atomic E-state index is 1.23. The van der Waals surface area contributed by atoms with Gasteiger partial charge in [0.2, 0.25) is 0 Å². The van der Waals surface area contributed by atoms with Gasteiger partial charge in [-0.1, -0.05) is 169 Å². The number of fused-ring (bicyclic) bond motifs is 4. The van der Waals surface area contributed by atoms with E-state index in [1.165, 1.54) is 98.7 Å². The third-order valence-corrected chi connectivity index (χ3v) is 9.93. The van der Waals surface area contributed by atoms with Crippen molar-refractivity contribution in [1.29, 1.82) is 0 Å². The Bertz CT molecular complexity index is 2490. The van der Waals surface area contributed by atoms with Crippen molar-refractivity contribution >= 4 is 43.1 Å². The first kappa shape index (κ1) is 28.3. The number of hydrogen-bond donors (Lipinski definition) is 0. The van der Waals surface area contributed by atoms with Crippen LogP contribution in [0.1, 0.15) is 11.1 Å². The summed E-state index contributed by atoms with van der Waals surface area (Å²) in [5.74, 6) is 0. The smallest absolute Gasteiger partial charge is 0.00261 e. The van der Waals surface area contributed by atoms with Gasteiger partial charge in [-0.15, -0.1) is 0 Å². The standard InChI is InChI=1S/C48H34/c1-31-23-25-43-45(27-31)47(37-17-7-15-35(29-37)41-21-9-13-33-11-3-5-19-39(33)41)44-26-24-32(2)28-46(44)48(43)38-18-8-16-36(30-38)42-22-10-14-34-12-4-6-20-40(34)42/h3-30H,1-2H3. The molecule has 0 atom stereocenters. The Morgan fingerprint density at radius 3 is 1.15 bits per heavy atom. The van der Waals surface area contributed by atoms with E-state index in [1.807, 2.05) is 0 Å². The third-order valence-electron chi connectivity index (χ3n) is 9.93. The predicted molar refractivity (Wildman–Crippen MR) is 208 cm³/mol. The molecule has 0 fully saturated rings. The molecule has 9 rings (SSSR count). The lowest BCUT2D eigenvalue weighted by Gasteiger charge is -2.20. The molecule has 0 radical (unpaired) electrons. The van der Waals surface area contributed by atoms with E-state index in [0.29, 0.717) is 0 Å². The SMILES string of the molecule is Cc1ccc2c(-c3cccc(-c4cccc5ccccc45)c3)c3cc(C)ccc3c(-c3cccc(-c4cccc5ccccc45)c3)c2c1. The highest BCUT2D eigenvalue weighted by Crippen LogP contribution is 2.46. The van der Waals surface area contributed by atoms with Crippen LogP contribution in [0.15, 0.2) is 170 Å². The third kappa shape index (κ3) is 4.69. The summed E-state index contributed by atoms with van der Waals surface area (Å²) in [6.45, 7) is 4.41. The lowest BCUT2D eigenvalue weighted by molar-refractivity contribution is 1.49. The molecule has 0 N–H and O–H groups in total. The van der Waals surface area contributed by atoms with Crippen LogP contribution in [-0.4, -0.2) is 0 Å². The maximum atomic E-state index is 2.39. The highest BCUT2D eigenvalue weighted by atomic mass is 14.2. The minimum Gasteiger partial charge on any atom is -0.0616 e. The van der Waals surface area contributed by atoms with Crippen molar-refractivity contribution in [3.8, 4) is 44.5 Å². The second-order valence-electron chi connectivity index (χ2n) is 13.1. The molecule has 226 valence electrons. The van der Waals surface area contributed by atoms with Gasteiger partial charge < -0.3 is 0 Å². The summed E-state index contributed by atoms with van der Waals surface area (Å²) in [6.07, 6.45) is 0. The van der Waals surface area contributed by atoms with Gasteiger partial charge in [-0.25, -0.2) is 0 Å². The number of hydrogen-bond acceptors (Lipinski definition) is 0. The Morgan fingerprint density at radius 2 is 0.667 bits per heavy atom. The van der Waals surface area contributed by atoms with Gasteiger partial charge in [-0.3, -0.25) is 0 Å². The van der Waals surface area contributed by atoms with Crippen LogP contribution in [-0.2, 0) is 0 Å². The molecule has 0 saturated heterocycles. The molecule has 0 aliphatic carbocycles. The minimum atomic E-state index is 1.23. The fraction of sp³-hybridized carbons (Fsp3) is 0.0417. The highest BCUT2D eigenvalue weighted by Gasteiger charge is 2.18. The lowest BCUT2D eigenvalue weighted by Crippen LogP contribution is -1.93. The zero-order chi connectivity index (χ0) is 32.2. The Hall–Kier alpha value is -5.98. The Kier molecular flexibility index (Phi) is 6.69. The van der Waals surface area contributed by atoms with E-state index in [9.17, 15) is 0 Å². The van der Waals surface area contributed by atoms with E-state index in [-0.39, 0.29) is 0 Å². The lowest BCUT2D eigenvalue weighted by atomic mass is 9.83. The van der Waals surface area contributed by atoms with Crippen molar-refractivity contribution in [2.75, 3.05) is 0 Å². The van der Waals surface area contributed by atoms with E-state index in [4.69, 9.17) is 0 Å². The molecule has 0 aliphatic heterocycles. The first-order valence-electron chi connectivity index (χ1n) is 16.8. The van der Waals surface area contributed by atoms with Gasteiger partial charge in [0.15, 0.2) is 0 Å². The predicted octanol–water partition coefficient (Wildman–Crippen LogP) is 13.6. The Labute approximate surface area is 281 Å². The summed E-state index contributed by atoms with van der Waals surface area (Å²) in [6, 6.07) is 62.8. The average molecular weight is 611 g/mol. The molecule has 0 unspecified atom stereocenters. The van der Waals surface area contributed by atoms with Gasteiger partial charge in [0.05, 0.1) is 0 Å². The fourth-order valence-electron chi connectivity index (χ4n) is 7.72. The quantitative estimate of drug-likeness (QED) is 0.174. The van der Waals surface area contributed by atoms with Gasteiger partial charge in [-0.2, -0.15) is 0 Å². The van der Waals surface area contributed by atoms with Gasteiger partial charge in [-0.05, 0) is 114 Å². The molecular formula is C48H34. The van der Waals surface area contributed by atoms with Crippen LogP contribution < -0.4 is 0 Å². The second-order valence-corrected chi connectivity index (χ2v) is 13.1. The monoisotopic (exact) mass is 610 g/mol. The molecule has 0 nitrogen and oxygen atoms in total. The summed E-state index contributed by atoms with van der Waals surface area (Å²) < 4.78 is 0. The van der Waals surface area contributed by atoms with Crippen molar-refractivity contribution in [2.45, 2.75) is 13.8 Å². The van der Waals surface area contributed by atoms with E-state index >= 15 is 0 Å². The summed E-state index contributed by atoms with van der Waals surface area (Å²) in [4.78, 5) is 0. The normalized spacial score (nSPS) is 11.5. The van der Waals surface area contributed by atoms with Crippen molar-refractivity contribution in [3.05, 3.63) is 181 Å². The number of rotatable bonds is 4. The van der Waals surface area contributed by atoms with Crippen LogP contribution in [0.25, 0.3) is 87.6 Å². The molecule has 0 bridgehead atoms. The van der Waals surface area contributed by atoms with Crippen LogP contribution in [0.2, 0.25) is 0 Å². The summed E-state index contributed by atoms with van der Waals surface area (Å²) in [5, 5.41) is 10.2. The van der Waals surface area contributed by atoms with Crippen LogP contribution >= 0.6 is 0 Å². The first-order valence-corrected chi connectivity index (χ1v) is 16.8. The van der Waals surface area contributed by atoms with Gasteiger partial charge in [0.25, 0.3) is 0 Å². The summed E-state index contributed by atoms with van der Waals surface area (Å²) in [7, 11) is 0. The van der Waals surface area contributed by atoms with Crippen LogP contribution in [0.3, 0.4) is 0 Å². The summed E-state index contributed by atoms with van der Waals surface area (Å²) >= 11 is 0. The number of aryl methyl sites for hydroxylation is 2. The molecule has 0 spiro atoms. The second kappa shape index (κ2) is 11.4. The van der Waals surface area contributed by atoms with Crippen LogP contribution in [0.5, 0.6) is 0 Å². The van der Waals surface area contributed by atoms with Crippen molar-refractivity contribution in [2.24, 2.45) is 0 Å². The van der Waals surface area contributed by atoms with Gasteiger partial charge in [0, 0.05) is 0 Å². The maximum Gasteiger partial charge on any atom is -0.00261 e. The molecule has 0 saturated carbocycles. The van der Waals surface area contributed by atoms with E-state index in [0.717, 1.165) is 0 Å². The topological polar surface area (TPSA) is 0 Å². The Balaban J connectivity index is 1.31. The van der Waals surface area contributed by atoms with E-state index in [1.54, 1.807) is 0 Å². The molecule has 0 heteroatoms. The van der Waals surface area contributed by atoms with Crippen molar-refractivity contribution < 1.29 is 0 Å². The Morgan fingerprint density at radius 1 is 0.271 bits per heavy atom. The zero-order valence-electron chi connectivity index (χ0n) is 27.2. The molecule has 9 aromatic carbocycles. The highest BCUT2D eigenvalue weighted by molar-refractivity contribution is 6.22. The molecule has 48 heavy (non-hydrogen) atoms. The largest absolute Gasteiger partial charge is 0.0616 e. The fourth-order valence-corrected chi connectivity index (χ4v) is 7.72. The summed E-state index contributed by atoms with van der Waals surface area (Å²) in [5.41, 5.74) is 12.6. The van der Waals surface area contributed by atoms with Gasteiger partial charge in [0.1, 0.15) is 0 Å². The molecular weight excluding hydrogens is 577 g/mol. The van der Waals surface area contributed by atoms with E-state index < -0.39 is 0 Å². The first-order chi connectivity index (χ1) is 23.6. The van der Waals surface area contributed by atoms with Crippen LogP contribution in [0.4, 0.5) is 0 Å². The molecule has 0 heterocycles. The van der Waals surface area contributed by atoms with Gasteiger partial charge >= 0.3 is 0 Å². The molecule has 0 aromatic heterocycles. The van der Waals surface area contributed by atoms with Crippen molar-refractivity contribution in [1.82, 2.24) is 0 Å². The maximum absolute atomic E-state index is 2.39. The zero-order valence-corrected chi connectivity index (χ0v) is 27.2. The van der Waals surface area contributed by atoms with Crippen molar-refractivity contribution in [3.63, 3.8) is 0 Å². The molecule has 0 aliphatic rings. The molecule has 0 amide bonds. The average Bonchev–Trinajstić information content (AvgIpc) is 3.13. The van der Waals surface area contributed by atoms with Crippen LogP contribution in [0, 0.1) is 13.8 Å². The molecule has 9 aromatic rings.